The molecule has 2 aliphatic heterocycles. The molecule has 1 amide bonds. The number of nitrogens with one attached hydrogen (secondary N) is 1. The smallest absolute Gasteiger partial charge is 0.303 e. The minimum atomic E-state index is -0.878. The number of carboxylic acids is 1. The van der Waals surface area contributed by atoms with E-state index in [9.17, 15) is 14.0 Å². The summed E-state index contributed by atoms with van der Waals surface area (Å²) in [6.45, 7) is 0.631. The van der Waals surface area contributed by atoms with E-state index in [0.29, 0.717) is 25.3 Å². The van der Waals surface area contributed by atoms with Crippen LogP contribution in [0.25, 0.3) is 0 Å². The predicted octanol–water partition coefficient (Wildman–Crippen LogP) is 5.82. The molecule has 206 valence electrons. The van der Waals surface area contributed by atoms with Gasteiger partial charge in [0, 0.05) is 18.9 Å². The van der Waals surface area contributed by atoms with E-state index in [4.69, 9.17) is 14.3 Å². The van der Waals surface area contributed by atoms with E-state index in [2.05, 4.69) is 10.3 Å². The van der Waals surface area contributed by atoms with Gasteiger partial charge in [-0.1, -0.05) is 51.0 Å². The van der Waals surface area contributed by atoms with Crippen molar-refractivity contribution in [2.75, 3.05) is 6.54 Å². The molecule has 2 bridgehead atoms. The van der Waals surface area contributed by atoms with Gasteiger partial charge in [-0.05, 0) is 61.3 Å². The van der Waals surface area contributed by atoms with Crippen LogP contribution in [0.3, 0.4) is 0 Å². The molecule has 1 aromatic carbocycles. The highest BCUT2D eigenvalue weighted by molar-refractivity contribution is 5.91. The average molecular weight is 527 g/mol. The molecule has 1 aliphatic carbocycles. The van der Waals surface area contributed by atoms with Crippen molar-refractivity contribution in [3.05, 3.63) is 53.0 Å². The zero-order chi connectivity index (χ0) is 26.5. The Bertz CT molecular complexity index is 1110. The van der Waals surface area contributed by atoms with Crippen LogP contribution in [-0.4, -0.2) is 40.7 Å². The molecule has 5 rings (SSSR count). The number of carbonyl (C=O) groups excluding carboxylic acids is 1. The number of hydrogen-bond acceptors (Lipinski definition) is 5. The summed E-state index contributed by atoms with van der Waals surface area (Å²) in [5.74, 6) is -0.192. The average Bonchev–Trinajstić information content (AvgIpc) is 3.65. The van der Waals surface area contributed by atoms with Crippen LogP contribution < -0.4 is 5.32 Å². The maximum absolute atomic E-state index is 14.1. The van der Waals surface area contributed by atoms with Crippen LogP contribution in [0, 0.1) is 17.7 Å². The van der Waals surface area contributed by atoms with Gasteiger partial charge in [0.2, 0.25) is 5.89 Å². The van der Waals surface area contributed by atoms with Gasteiger partial charge < -0.3 is 19.6 Å². The van der Waals surface area contributed by atoms with E-state index < -0.39 is 5.97 Å². The maximum atomic E-state index is 14.1. The Morgan fingerprint density at radius 2 is 1.87 bits per heavy atom. The Kier molecular flexibility index (Phi) is 8.77. The second-order valence-corrected chi connectivity index (χ2v) is 11.3. The predicted molar refractivity (Wildman–Crippen MR) is 139 cm³/mol. The zero-order valence-electron chi connectivity index (χ0n) is 22.0. The number of oxazole rings is 1. The second-order valence-electron chi connectivity index (χ2n) is 11.3. The van der Waals surface area contributed by atoms with Gasteiger partial charge >= 0.3 is 5.97 Å². The lowest BCUT2D eigenvalue weighted by molar-refractivity contribution is -0.136. The first-order valence-electron chi connectivity index (χ1n) is 14.4. The van der Waals surface area contributed by atoms with E-state index in [-0.39, 0.29) is 47.9 Å². The molecule has 0 radical (unpaired) electrons. The van der Waals surface area contributed by atoms with E-state index in [0.717, 1.165) is 42.7 Å². The summed E-state index contributed by atoms with van der Waals surface area (Å²) in [5.41, 5.74) is 1.92. The largest absolute Gasteiger partial charge is 0.481 e. The number of unbranched alkanes of at least 4 members (excludes halogenated alkanes) is 1. The van der Waals surface area contributed by atoms with Crippen molar-refractivity contribution in [1.82, 2.24) is 10.3 Å². The minimum absolute atomic E-state index is 0.00588. The lowest BCUT2D eigenvalue weighted by Gasteiger charge is -2.26. The number of amides is 1. The molecule has 7 nitrogen and oxygen atoms in total. The highest BCUT2D eigenvalue weighted by Gasteiger charge is 2.51. The van der Waals surface area contributed by atoms with Crippen molar-refractivity contribution in [2.24, 2.45) is 11.8 Å². The number of carboxylic acid groups (broad SMARTS) is 1. The number of rotatable bonds is 12. The summed E-state index contributed by atoms with van der Waals surface area (Å²) in [6.07, 6.45) is 14.2. The Morgan fingerprint density at radius 1 is 1.05 bits per heavy atom. The molecule has 1 aromatic heterocycles. The quantitative estimate of drug-likeness (QED) is 0.338. The third-order valence-corrected chi connectivity index (χ3v) is 8.75. The summed E-state index contributed by atoms with van der Waals surface area (Å²) in [4.78, 5) is 28.4. The van der Waals surface area contributed by atoms with Gasteiger partial charge in [-0.15, -0.1) is 0 Å². The molecule has 2 saturated heterocycles. The molecule has 38 heavy (non-hydrogen) atoms. The number of hydrogen-bond donors (Lipinski definition) is 2. The number of benzene rings is 1. The third kappa shape index (κ3) is 6.45. The van der Waals surface area contributed by atoms with Crippen molar-refractivity contribution in [1.29, 1.82) is 0 Å². The summed E-state index contributed by atoms with van der Waals surface area (Å²) in [5, 5.41) is 12.1. The Morgan fingerprint density at radius 3 is 2.68 bits per heavy atom. The van der Waals surface area contributed by atoms with E-state index >= 15 is 0 Å². The molecule has 3 aliphatic rings. The molecule has 0 unspecified atom stereocenters. The summed E-state index contributed by atoms with van der Waals surface area (Å²) in [6, 6.07) is 4.56. The van der Waals surface area contributed by atoms with Gasteiger partial charge in [-0.3, -0.25) is 9.59 Å². The normalized spacial score (nSPS) is 25.1. The number of aryl methyl sites for hydroxylation is 1. The van der Waals surface area contributed by atoms with Crippen molar-refractivity contribution < 1.29 is 28.2 Å². The van der Waals surface area contributed by atoms with Crippen molar-refractivity contribution >= 4 is 11.9 Å². The summed E-state index contributed by atoms with van der Waals surface area (Å²) >= 11 is 0. The second kappa shape index (κ2) is 12.4. The Hall–Kier alpha value is -2.74. The molecule has 4 atom stereocenters. The van der Waals surface area contributed by atoms with Crippen LogP contribution in [0.1, 0.15) is 104 Å². The number of fused-ring (bicyclic) bond motifs is 2. The van der Waals surface area contributed by atoms with Gasteiger partial charge in [0.25, 0.3) is 5.91 Å². The van der Waals surface area contributed by atoms with E-state index in [1.807, 2.05) is 0 Å². The fourth-order valence-electron chi connectivity index (χ4n) is 6.77. The number of ether oxygens (including phenoxy) is 1. The first kappa shape index (κ1) is 26.9. The summed E-state index contributed by atoms with van der Waals surface area (Å²) < 4.78 is 26.2. The van der Waals surface area contributed by atoms with Gasteiger partial charge in [0.05, 0.1) is 18.1 Å². The molecule has 0 spiro atoms. The van der Waals surface area contributed by atoms with Crippen LogP contribution in [-0.2, 0) is 22.4 Å². The molecule has 1 saturated carbocycles. The van der Waals surface area contributed by atoms with Crippen LogP contribution in [0.5, 0.6) is 0 Å². The summed E-state index contributed by atoms with van der Waals surface area (Å²) in [7, 11) is 0. The molecule has 3 fully saturated rings. The molecule has 3 heterocycles. The first-order valence-corrected chi connectivity index (χ1v) is 14.4. The number of aromatic nitrogens is 1. The maximum Gasteiger partial charge on any atom is 0.303 e. The molecular weight excluding hydrogens is 487 g/mol. The zero-order valence-corrected chi connectivity index (χ0v) is 22.0. The van der Waals surface area contributed by atoms with Gasteiger partial charge in [-0.25, -0.2) is 9.37 Å². The first-order chi connectivity index (χ1) is 18.5. The third-order valence-electron chi connectivity index (χ3n) is 8.75. The molecule has 2 N–H and O–H groups in total. The van der Waals surface area contributed by atoms with Gasteiger partial charge in [0.1, 0.15) is 12.1 Å². The topological polar surface area (TPSA) is 102 Å². The molecular formula is C30H39FN2O5. The van der Waals surface area contributed by atoms with Crippen LogP contribution in [0.2, 0.25) is 0 Å². The van der Waals surface area contributed by atoms with Crippen molar-refractivity contribution in [3.63, 3.8) is 0 Å². The Balaban J connectivity index is 1.19. The monoisotopic (exact) mass is 526 g/mol. The molecule has 8 heteroatoms. The van der Waals surface area contributed by atoms with Gasteiger partial charge in [-0.2, -0.15) is 0 Å². The van der Waals surface area contributed by atoms with Crippen molar-refractivity contribution in [2.45, 2.75) is 102 Å². The van der Waals surface area contributed by atoms with E-state index in [1.54, 1.807) is 6.07 Å². The molecule has 2 aromatic rings. The number of aliphatic carboxylic acids is 1. The Labute approximate surface area is 223 Å². The number of carbonyl (C=O) groups is 2. The lowest BCUT2D eigenvalue weighted by Crippen LogP contribution is -2.28. The highest BCUT2D eigenvalue weighted by Crippen LogP contribution is 2.50. The SMILES string of the molecule is O=C(O)CCc1ccc(F)cc1C[C@@H]1[C@H](c2nc(C(=O)NCCCCC3CCCCC3)co2)[C@@H]2CC[C@H]1O2. The number of halogens is 1. The van der Waals surface area contributed by atoms with Crippen LogP contribution in [0.15, 0.2) is 28.9 Å². The van der Waals surface area contributed by atoms with Crippen molar-refractivity contribution in [3.8, 4) is 0 Å². The number of nitrogens with zero attached hydrogens (tertiary/aromatic N) is 1. The highest BCUT2D eigenvalue weighted by atomic mass is 19.1. The van der Waals surface area contributed by atoms with Crippen LogP contribution >= 0.6 is 0 Å². The fraction of sp³-hybridized carbons (Fsp3) is 0.633. The minimum Gasteiger partial charge on any atom is -0.481 e. The lowest BCUT2D eigenvalue weighted by atomic mass is 9.75. The van der Waals surface area contributed by atoms with Gasteiger partial charge in [0.15, 0.2) is 5.69 Å². The van der Waals surface area contributed by atoms with E-state index in [1.165, 1.54) is 56.9 Å². The standard InChI is InChI=1S/C30H39FN2O5/c31-22-11-9-20(10-14-27(34)35)21(16-22)17-23-25-12-13-26(38-25)28(23)30-33-24(18-37-30)29(36)32-15-5-4-8-19-6-2-1-3-7-19/h9,11,16,18-19,23,25-26,28H,1-8,10,12-15,17H2,(H,32,36)(H,34,35)/t23-,25+,26-,28-/m0/s1. The fourth-order valence-corrected chi connectivity index (χ4v) is 6.77. The van der Waals surface area contributed by atoms with Crippen LogP contribution in [0.4, 0.5) is 4.39 Å².